The molecule has 6 heteroatoms. The topological polar surface area (TPSA) is 69.6 Å². The Hall–Kier alpha value is -1.11. The molecule has 1 rings (SSSR count). The zero-order chi connectivity index (χ0) is 16.1. The average Bonchev–Trinajstić information content (AvgIpc) is 2.49. The highest BCUT2D eigenvalue weighted by Crippen LogP contribution is 2.26. The van der Waals surface area contributed by atoms with Gasteiger partial charge in [-0.3, -0.25) is 0 Å². The number of anilines is 1. The summed E-state index contributed by atoms with van der Waals surface area (Å²) >= 11 is 0. The molecule has 0 saturated carbocycles. The van der Waals surface area contributed by atoms with Crippen molar-refractivity contribution in [2.45, 2.75) is 31.6 Å². The molecule has 0 saturated heterocycles. The Morgan fingerprint density at radius 2 is 1.67 bits per heavy atom. The highest BCUT2D eigenvalue weighted by Gasteiger charge is 2.25. The first-order chi connectivity index (χ1) is 9.81. The monoisotopic (exact) mass is 314 g/mol. The van der Waals surface area contributed by atoms with Crippen LogP contribution in [0.5, 0.6) is 0 Å². The Balaban J connectivity index is 2.81. The van der Waals surface area contributed by atoms with Gasteiger partial charge in [-0.1, -0.05) is 13.8 Å². The fraction of sp³-hybridized carbons (Fsp3) is 0.600. The van der Waals surface area contributed by atoms with E-state index in [1.165, 1.54) is 18.4 Å². The van der Waals surface area contributed by atoms with Crippen molar-refractivity contribution in [3.8, 4) is 0 Å². The highest BCUT2D eigenvalue weighted by atomic mass is 32.2. The van der Waals surface area contributed by atoms with E-state index in [0.29, 0.717) is 6.54 Å². The van der Waals surface area contributed by atoms with Crippen molar-refractivity contribution in [1.82, 2.24) is 4.31 Å². The molecular formula is C15H26N2O3S. The molecule has 0 heterocycles. The molecule has 0 amide bonds. The van der Waals surface area contributed by atoms with Crippen LogP contribution in [0.25, 0.3) is 0 Å². The van der Waals surface area contributed by atoms with E-state index in [1.54, 1.807) is 24.3 Å². The summed E-state index contributed by atoms with van der Waals surface area (Å²) in [6, 6.07) is 6.69. The van der Waals surface area contributed by atoms with E-state index in [1.807, 2.05) is 0 Å². The van der Waals surface area contributed by atoms with Gasteiger partial charge in [-0.25, -0.2) is 12.7 Å². The van der Waals surface area contributed by atoms with Gasteiger partial charge >= 0.3 is 0 Å². The Bertz CT molecular complexity index is 526. The molecule has 5 nitrogen and oxygen atoms in total. The molecule has 0 bridgehead atoms. The second kappa shape index (κ2) is 7.24. The van der Waals surface area contributed by atoms with Crippen LogP contribution in [-0.4, -0.2) is 45.1 Å². The zero-order valence-electron chi connectivity index (χ0n) is 13.3. The summed E-state index contributed by atoms with van der Waals surface area (Å²) < 4.78 is 25.1. The van der Waals surface area contributed by atoms with Crippen molar-refractivity contribution in [1.29, 1.82) is 0 Å². The van der Waals surface area contributed by atoms with Crippen molar-refractivity contribution in [2.24, 2.45) is 5.41 Å². The van der Waals surface area contributed by atoms with Gasteiger partial charge in [0, 0.05) is 31.7 Å². The first-order valence-electron chi connectivity index (χ1n) is 7.18. The fourth-order valence-electron chi connectivity index (χ4n) is 2.02. The molecule has 21 heavy (non-hydrogen) atoms. The molecule has 1 aromatic rings. The summed E-state index contributed by atoms with van der Waals surface area (Å²) in [6.45, 7) is 4.93. The minimum Gasteiger partial charge on any atom is -0.396 e. The Labute approximate surface area is 128 Å². The summed E-state index contributed by atoms with van der Waals surface area (Å²) in [5.41, 5.74) is 0.724. The average molecular weight is 314 g/mol. The van der Waals surface area contributed by atoms with Crippen LogP contribution < -0.4 is 5.32 Å². The number of sulfonamides is 1. The molecule has 2 N–H and O–H groups in total. The predicted octanol–water partition coefficient (Wildman–Crippen LogP) is 2.15. The van der Waals surface area contributed by atoms with E-state index in [9.17, 15) is 13.5 Å². The number of hydrogen-bond acceptors (Lipinski definition) is 4. The van der Waals surface area contributed by atoms with Crippen molar-refractivity contribution in [3.05, 3.63) is 24.3 Å². The van der Waals surface area contributed by atoms with Gasteiger partial charge in [-0.05, 0) is 37.1 Å². The van der Waals surface area contributed by atoms with E-state index in [-0.39, 0.29) is 16.9 Å². The van der Waals surface area contributed by atoms with E-state index >= 15 is 0 Å². The van der Waals surface area contributed by atoms with Crippen LogP contribution >= 0.6 is 0 Å². The van der Waals surface area contributed by atoms with Crippen molar-refractivity contribution >= 4 is 15.7 Å². The first kappa shape index (κ1) is 17.9. The largest absolute Gasteiger partial charge is 0.396 e. The Kier molecular flexibility index (Phi) is 6.19. The third-order valence-electron chi connectivity index (χ3n) is 4.14. The van der Waals surface area contributed by atoms with Gasteiger partial charge in [0.05, 0.1) is 11.5 Å². The Morgan fingerprint density at radius 3 is 2.05 bits per heavy atom. The second-order valence-corrected chi connectivity index (χ2v) is 7.68. The van der Waals surface area contributed by atoms with Gasteiger partial charge in [0.2, 0.25) is 10.0 Å². The van der Waals surface area contributed by atoms with Gasteiger partial charge in [-0.2, -0.15) is 0 Å². The number of nitrogens with zero attached hydrogens (tertiary/aromatic N) is 1. The van der Waals surface area contributed by atoms with Gasteiger partial charge in [0.25, 0.3) is 0 Å². The molecule has 0 fully saturated rings. The van der Waals surface area contributed by atoms with Crippen LogP contribution in [0.2, 0.25) is 0 Å². The summed E-state index contributed by atoms with van der Waals surface area (Å²) in [6.07, 6.45) is 1.78. The van der Waals surface area contributed by atoms with Gasteiger partial charge < -0.3 is 10.4 Å². The van der Waals surface area contributed by atoms with Crippen LogP contribution in [0.4, 0.5) is 5.69 Å². The van der Waals surface area contributed by atoms with Crippen LogP contribution in [0, 0.1) is 5.41 Å². The van der Waals surface area contributed by atoms with Crippen LogP contribution in [0.15, 0.2) is 29.2 Å². The number of hydrogen-bond donors (Lipinski definition) is 2. The zero-order valence-corrected chi connectivity index (χ0v) is 14.1. The molecule has 0 spiro atoms. The molecule has 120 valence electrons. The quantitative estimate of drug-likeness (QED) is 0.771. The van der Waals surface area contributed by atoms with E-state index < -0.39 is 10.0 Å². The molecule has 0 aliphatic rings. The SMILES string of the molecule is CCC(CC)(CO)CNc1ccc(S(=O)(=O)N(C)C)cc1. The number of aliphatic hydroxyl groups is 1. The van der Waals surface area contributed by atoms with Crippen molar-refractivity contribution < 1.29 is 13.5 Å². The summed E-state index contributed by atoms with van der Waals surface area (Å²) in [5, 5.41) is 12.8. The lowest BCUT2D eigenvalue weighted by Gasteiger charge is -2.30. The van der Waals surface area contributed by atoms with E-state index in [4.69, 9.17) is 0 Å². The summed E-state index contributed by atoms with van der Waals surface area (Å²) in [4.78, 5) is 0.275. The van der Waals surface area contributed by atoms with Gasteiger partial charge in [-0.15, -0.1) is 0 Å². The lowest BCUT2D eigenvalue weighted by molar-refractivity contribution is 0.127. The van der Waals surface area contributed by atoms with Crippen molar-refractivity contribution in [3.63, 3.8) is 0 Å². The maximum absolute atomic E-state index is 12.0. The summed E-state index contributed by atoms with van der Waals surface area (Å²) in [7, 11) is -0.358. The van der Waals surface area contributed by atoms with Crippen LogP contribution in [0.3, 0.4) is 0 Å². The van der Waals surface area contributed by atoms with Crippen molar-refractivity contribution in [2.75, 3.05) is 32.6 Å². The normalized spacial score (nSPS) is 12.7. The molecule has 0 unspecified atom stereocenters. The van der Waals surface area contributed by atoms with Crippen LogP contribution in [0.1, 0.15) is 26.7 Å². The molecule has 0 aromatic heterocycles. The fourth-order valence-corrected chi connectivity index (χ4v) is 2.93. The minimum absolute atomic E-state index is 0.131. The number of nitrogens with one attached hydrogen (secondary N) is 1. The lowest BCUT2D eigenvalue weighted by atomic mass is 9.83. The minimum atomic E-state index is -3.39. The molecular weight excluding hydrogens is 288 g/mol. The van der Waals surface area contributed by atoms with Gasteiger partial charge in [0.15, 0.2) is 0 Å². The highest BCUT2D eigenvalue weighted by molar-refractivity contribution is 7.89. The molecule has 0 radical (unpaired) electrons. The Morgan fingerprint density at radius 1 is 1.14 bits per heavy atom. The third kappa shape index (κ3) is 4.18. The molecule has 0 atom stereocenters. The van der Waals surface area contributed by atoms with Crippen LogP contribution in [-0.2, 0) is 10.0 Å². The lowest BCUT2D eigenvalue weighted by Crippen LogP contribution is -2.32. The summed E-state index contributed by atoms with van der Waals surface area (Å²) in [5.74, 6) is 0. The predicted molar refractivity (Wildman–Crippen MR) is 85.9 cm³/mol. The second-order valence-electron chi connectivity index (χ2n) is 5.53. The maximum atomic E-state index is 12.0. The third-order valence-corrected chi connectivity index (χ3v) is 5.97. The van der Waals surface area contributed by atoms with E-state index in [2.05, 4.69) is 19.2 Å². The number of aliphatic hydroxyl groups excluding tert-OH is 1. The van der Waals surface area contributed by atoms with E-state index in [0.717, 1.165) is 18.5 Å². The maximum Gasteiger partial charge on any atom is 0.242 e. The molecule has 1 aromatic carbocycles. The standard InChI is InChI=1S/C15H26N2O3S/c1-5-15(6-2,12-18)11-16-13-7-9-14(10-8-13)21(19,20)17(3)4/h7-10,16,18H,5-6,11-12H2,1-4H3. The molecule has 0 aliphatic carbocycles. The number of rotatable bonds is 8. The smallest absolute Gasteiger partial charge is 0.242 e. The molecule has 0 aliphatic heterocycles. The van der Waals surface area contributed by atoms with Gasteiger partial charge in [0.1, 0.15) is 0 Å². The first-order valence-corrected chi connectivity index (χ1v) is 8.62. The number of benzene rings is 1.